The first-order chi connectivity index (χ1) is 8.99. The predicted molar refractivity (Wildman–Crippen MR) is 68.2 cm³/mol. The Morgan fingerprint density at radius 2 is 1.53 bits per heavy atom. The molecule has 5 nitrogen and oxygen atoms in total. The molecule has 0 saturated heterocycles. The highest BCUT2D eigenvalue weighted by Gasteiger charge is 2.14. The van der Waals surface area contributed by atoms with Crippen molar-refractivity contribution in [2.75, 3.05) is 0 Å². The molecule has 0 aliphatic heterocycles. The molecule has 0 saturated carbocycles. The van der Waals surface area contributed by atoms with Crippen molar-refractivity contribution in [3.8, 4) is 17.2 Å². The smallest absolute Gasteiger partial charge is 0.308 e. The minimum Gasteiger partial charge on any atom is -0.507 e. The van der Waals surface area contributed by atoms with E-state index < -0.39 is 11.9 Å². The number of aromatic hydroxyl groups is 1. The normalized spacial score (nSPS) is 10.2. The number of carbonyl (C=O) groups is 2. The number of phenolic OH excluding ortho intramolecular Hbond substituents is 1. The van der Waals surface area contributed by atoms with Crippen LogP contribution in [-0.2, 0) is 9.59 Å². The van der Waals surface area contributed by atoms with Crippen LogP contribution in [0.5, 0.6) is 17.2 Å². The molecule has 0 fully saturated rings. The molecule has 5 heteroatoms. The first-order valence-corrected chi connectivity index (χ1v) is 5.60. The number of phenols is 1. The van der Waals surface area contributed by atoms with Gasteiger partial charge in [0.15, 0.2) is 0 Å². The zero-order valence-corrected chi connectivity index (χ0v) is 10.5. The summed E-state index contributed by atoms with van der Waals surface area (Å²) >= 11 is 0. The van der Waals surface area contributed by atoms with E-state index >= 15 is 0 Å². The summed E-state index contributed by atoms with van der Waals surface area (Å²) in [5, 5.41) is 10.6. The van der Waals surface area contributed by atoms with E-state index in [1.165, 1.54) is 26.0 Å². The molecular formula is C14H12O5. The van der Waals surface area contributed by atoms with Gasteiger partial charge in [0.1, 0.15) is 17.2 Å². The molecule has 0 amide bonds. The van der Waals surface area contributed by atoms with Crippen LogP contribution in [0.2, 0.25) is 0 Å². The second-order valence-corrected chi connectivity index (χ2v) is 3.95. The van der Waals surface area contributed by atoms with Gasteiger partial charge >= 0.3 is 11.9 Å². The van der Waals surface area contributed by atoms with E-state index in [0.29, 0.717) is 10.8 Å². The van der Waals surface area contributed by atoms with Gasteiger partial charge in [-0.3, -0.25) is 9.59 Å². The van der Waals surface area contributed by atoms with Crippen molar-refractivity contribution in [2.45, 2.75) is 13.8 Å². The van der Waals surface area contributed by atoms with Crippen molar-refractivity contribution in [3.63, 3.8) is 0 Å². The lowest BCUT2D eigenvalue weighted by molar-refractivity contribution is -0.132. The van der Waals surface area contributed by atoms with Crippen LogP contribution in [0, 0.1) is 0 Å². The molecule has 0 spiro atoms. The number of fused-ring (bicyclic) bond motifs is 1. The first kappa shape index (κ1) is 12.9. The minimum atomic E-state index is -0.496. The summed E-state index contributed by atoms with van der Waals surface area (Å²) in [6, 6.07) is 7.71. The molecule has 0 radical (unpaired) electrons. The van der Waals surface area contributed by atoms with Gasteiger partial charge in [-0.15, -0.1) is 0 Å². The molecule has 0 atom stereocenters. The molecule has 2 aromatic carbocycles. The fourth-order valence-electron chi connectivity index (χ4n) is 1.81. The summed E-state index contributed by atoms with van der Waals surface area (Å²) in [5.41, 5.74) is 0. The maximum Gasteiger partial charge on any atom is 0.308 e. The van der Waals surface area contributed by atoms with Crippen molar-refractivity contribution in [3.05, 3.63) is 30.3 Å². The van der Waals surface area contributed by atoms with E-state index in [9.17, 15) is 14.7 Å². The third-order valence-corrected chi connectivity index (χ3v) is 2.45. The Morgan fingerprint density at radius 3 is 2.11 bits per heavy atom. The monoisotopic (exact) mass is 260 g/mol. The fourth-order valence-corrected chi connectivity index (χ4v) is 1.81. The van der Waals surface area contributed by atoms with Gasteiger partial charge in [-0.1, -0.05) is 12.1 Å². The van der Waals surface area contributed by atoms with Gasteiger partial charge in [0.2, 0.25) is 0 Å². The van der Waals surface area contributed by atoms with Crippen molar-refractivity contribution in [1.29, 1.82) is 0 Å². The number of ether oxygens (including phenoxy) is 2. The van der Waals surface area contributed by atoms with E-state index in [-0.39, 0.29) is 17.2 Å². The molecule has 0 aliphatic carbocycles. The van der Waals surface area contributed by atoms with Gasteiger partial charge in [0.05, 0.1) is 5.39 Å². The molecule has 0 bridgehead atoms. The van der Waals surface area contributed by atoms with Crippen molar-refractivity contribution in [1.82, 2.24) is 0 Å². The molecule has 0 heterocycles. The standard InChI is InChI=1S/C14H12O5/c1-8(15)18-12-5-3-4-10-11(17)6-7-13(14(10)12)19-9(2)16/h3-7,17H,1-2H3. The highest BCUT2D eigenvalue weighted by Crippen LogP contribution is 2.38. The summed E-state index contributed by atoms with van der Waals surface area (Å²) < 4.78 is 10.1. The van der Waals surface area contributed by atoms with Gasteiger partial charge in [0.25, 0.3) is 0 Å². The molecule has 0 aliphatic rings. The van der Waals surface area contributed by atoms with Gasteiger partial charge in [-0.2, -0.15) is 0 Å². The average Bonchev–Trinajstić information content (AvgIpc) is 2.32. The lowest BCUT2D eigenvalue weighted by Gasteiger charge is -2.11. The van der Waals surface area contributed by atoms with Crippen molar-refractivity contribution < 1.29 is 24.2 Å². The van der Waals surface area contributed by atoms with Crippen LogP contribution in [-0.4, -0.2) is 17.0 Å². The summed E-state index contributed by atoms with van der Waals surface area (Å²) in [4.78, 5) is 22.2. The topological polar surface area (TPSA) is 72.8 Å². The molecule has 2 rings (SSSR count). The van der Waals surface area contributed by atoms with Gasteiger partial charge in [-0.25, -0.2) is 0 Å². The Kier molecular flexibility index (Phi) is 3.37. The average molecular weight is 260 g/mol. The molecule has 98 valence electrons. The van der Waals surface area contributed by atoms with E-state index in [1.807, 2.05) is 0 Å². The molecule has 19 heavy (non-hydrogen) atoms. The number of benzene rings is 2. The Morgan fingerprint density at radius 1 is 0.947 bits per heavy atom. The summed E-state index contributed by atoms with van der Waals surface area (Å²) in [5.74, 6) is -0.511. The number of hydrogen-bond donors (Lipinski definition) is 1. The largest absolute Gasteiger partial charge is 0.507 e. The van der Waals surface area contributed by atoms with E-state index in [0.717, 1.165) is 0 Å². The van der Waals surface area contributed by atoms with E-state index in [4.69, 9.17) is 9.47 Å². The zero-order valence-electron chi connectivity index (χ0n) is 10.5. The highest BCUT2D eigenvalue weighted by molar-refractivity contribution is 5.99. The molecule has 1 N–H and O–H groups in total. The summed E-state index contributed by atoms with van der Waals surface area (Å²) in [6.07, 6.45) is 0. The Hall–Kier alpha value is -2.56. The third-order valence-electron chi connectivity index (χ3n) is 2.45. The number of hydrogen-bond acceptors (Lipinski definition) is 5. The van der Waals surface area contributed by atoms with Crippen LogP contribution in [0.15, 0.2) is 30.3 Å². The van der Waals surface area contributed by atoms with Crippen LogP contribution in [0.4, 0.5) is 0 Å². The van der Waals surface area contributed by atoms with Crippen molar-refractivity contribution in [2.24, 2.45) is 0 Å². The third kappa shape index (κ3) is 2.65. The molecular weight excluding hydrogens is 248 g/mol. The molecule has 0 aromatic heterocycles. The minimum absolute atomic E-state index is 0.0138. The maximum absolute atomic E-state index is 11.1. The first-order valence-electron chi connectivity index (χ1n) is 5.60. The number of rotatable bonds is 2. The molecule has 0 unspecified atom stereocenters. The quantitative estimate of drug-likeness (QED) is 0.663. The van der Waals surface area contributed by atoms with Gasteiger partial charge in [-0.05, 0) is 18.2 Å². The second-order valence-electron chi connectivity index (χ2n) is 3.95. The van der Waals surface area contributed by atoms with E-state index in [2.05, 4.69) is 0 Å². The van der Waals surface area contributed by atoms with Crippen molar-refractivity contribution >= 4 is 22.7 Å². The summed E-state index contributed by atoms with van der Waals surface area (Å²) in [7, 11) is 0. The number of carbonyl (C=O) groups excluding carboxylic acids is 2. The Bertz CT molecular complexity index is 638. The fraction of sp³-hybridized carbons (Fsp3) is 0.143. The number of esters is 2. The molecule has 2 aromatic rings. The van der Waals surface area contributed by atoms with E-state index in [1.54, 1.807) is 18.2 Å². The van der Waals surface area contributed by atoms with Gasteiger partial charge < -0.3 is 14.6 Å². The van der Waals surface area contributed by atoms with Crippen LogP contribution in [0.3, 0.4) is 0 Å². The van der Waals surface area contributed by atoms with Crippen LogP contribution in [0.1, 0.15) is 13.8 Å². The van der Waals surface area contributed by atoms with Crippen LogP contribution >= 0.6 is 0 Å². The second kappa shape index (κ2) is 4.97. The lowest BCUT2D eigenvalue weighted by atomic mass is 10.1. The van der Waals surface area contributed by atoms with Gasteiger partial charge in [0, 0.05) is 19.2 Å². The lowest BCUT2D eigenvalue weighted by Crippen LogP contribution is -2.05. The highest BCUT2D eigenvalue weighted by atomic mass is 16.5. The SMILES string of the molecule is CC(=O)Oc1cccc2c(O)ccc(OC(C)=O)c12. The summed E-state index contributed by atoms with van der Waals surface area (Å²) in [6.45, 7) is 2.54. The predicted octanol–water partition coefficient (Wildman–Crippen LogP) is 2.40. The van der Waals surface area contributed by atoms with Crippen LogP contribution in [0.25, 0.3) is 10.8 Å². The zero-order chi connectivity index (χ0) is 14.0. The maximum atomic E-state index is 11.1. The Labute approximate surface area is 109 Å². The Balaban J connectivity index is 2.71. The van der Waals surface area contributed by atoms with Crippen LogP contribution < -0.4 is 9.47 Å².